The lowest BCUT2D eigenvalue weighted by Crippen LogP contribution is -2.20. The zero-order valence-electron chi connectivity index (χ0n) is 10.8. The van der Waals surface area contributed by atoms with E-state index in [1.807, 2.05) is 0 Å². The van der Waals surface area contributed by atoms with Gasteiger partial charge in [0.15, 0.2) is 6.61 Å². The lowest BCUT2D eigenvalue weighted by molar-refractivity contribution is -0.119. The van der Waals surface area contributed by atoms with Crippen LogP contribution in [0.2, 0.25) is 0 Å². The molecule has 0 aliphatic heterocycles. The molecule has 2 N–H and O–H groups in total. The van der Waals surface area contributed by atoms with Crippen molar-refractivity contribution in [3.8, 4) is 5.75 Å². The molecule has 1 aromatic carbocycles. The van der Waals surface area contributed by atoms with Crippen LogP contribution < -0.4 is 5.32 Å². The summed E-state index contributed by atoms with van der Waals surface area (Å²) in [4.78, 5) is 23.2. The molecule has 1 amide bonds. The van der Waals surface area contributed by atoms with Gasteiger partial charge in [-0.2, -0.15) is 0 Å². The number of aromatic hydroxyl groups is 1. The average Bonchev–Trinajstić information content (AvgIpc) is 2.85. The highest BCUT2D eigenvalue weighted by molar-refractivity contribution is 5.95. The standard InChI is InChI=1S/C14H13NO5/c1-9-6-7-19-13(9)14(18)20-8-12(17)15-10-2-4-11(16)5-3-10/h2-7,16H,8H2,1H3,(H,15,17). The van der Waals surface area contributed by atoms with Crippen LogP contribution in [0.3, 0.4) is 0 Å². The minimum atomic E-state index is -0.687. The smallest absolute Gasteiger partial charge is 0.375 e. The number of amides is 1. The van der Waals surface area contributed by atoms with Gasteiger partial charge in [0, 0.05) is 11.3 Å². The monoisotopic (exact) mass is 275 g/mol. The number of hydrogen-bond acceptors (Lipinski definition) is 5. The topological polar surface area (TPSA) is 88.8 Å². The van der Waals surface area contributed by atoms with Crippen LogP contribution in [-0.4, -0.2) is 23.6 Å². The van der Waals surface area contributed by atoms with E-state index in [1.165, 1.54) is 30.5 Å². The van der Waals surface area contributed by atoms with Gasteiger partial charge >= 0.3 is 5.97 Å². The maximum absolute atomic E-state index is 11.6. The Morgan fingerprint density at radius 3 is 2.55 bits per heavy atom. The number of nitrogens with one attached hydrogen (secondary N) is 1. The van der Waals surface area contributed by atoms with Crippen molar-refractivity contribution in [1.82, 2.24) is 0 Å². The summed E-state index contributed by atoms with van der Waals surface area (Å²) in [6.07, 6.45) is 1.38. The Bertz CT molecular complexity index is 615. The van der Waals surface area contributed by atoms with E-state index in [0.717, 1.165) is 0 Å². The summed E-state index contributed by atoms with van der Waals surface area (Å²) in [6, 6.07) is 7.58. The Morgan fingerprint density at radius 2 is 1.95 bits per heavy atom. The lowest BCUT2D eigenvalue weighted by atomic mass is 10.3. The molecule has 0 saturated heterocycles. The van der Waals surface area contributed by atoms with Crippen molar-refractivity contribution in [1.29, 1.82) is 0 Å². The number of aryl methyl sites for hydroxylation is 1. The molecule has 0 bridgehead atoms. The van der Waals surface area contributed by atoms with E-state index in [0.29, 0.717) is 11.3 Å². The molecule has 2 aromatic rings. The summed E-state index contributed by atoms with van der Waals surface area (Å²) in [6.45, 7) is 1.29. The van der Waals surface area contributed by atoms with Crippen LogP contribution in [0.25, 0.3) is 0 Å². The Morgan fingerprint density at radius 1 is 1.25 bits per heavy atom. The zero-order valence-corrected chi connectivity index (χ0v) is 10.8. The van der Waals surface area contributed by atoms with Gasteiger partial charge in [0.25, 0.3) is 5.91 Å². The minimum absolute atomic E-state index is 0.0856. The van der Waals surface area contributed by atoms with Crippen LogP contribution >= 0.6 is 0 Å². The Labute approximate surface area is 115 Å². The fourth-order valence-electron chi connectivity index (χ4n) is 1.52. The van der Waals surface area contributed by atoms with E-state index in [9.17, 15) is 9.59 Å². The maximum atomic E-state index is 11.6. The number of anilines is 1. The van der Waals surface area contributed by atoms with E-state index in [2.05, 4.69) is 5.32 Å². The molecule has 6 heteroatoms. The van der Waals surface area contributed by atoms with Gasteiger partial charge in [0.1, 0.15) is 5.75 Å². The van der Waals surface area contributed by atoms with Crippen LogP contribution in [0.15, 0.2) is 41.0 Å². The normalized spacial score (nSPS) is 10.1. The molecule has 0 radical (unpaired) electrons. The third-order valence-electron chi connectivity index (χ3n) is 2.53. The fraction of sp³-hybridized carbons (Fsp3) is 0.143. The summed E-state index contributed by atoms with van der Waals surface area (Å²) in [5.74, 6) is -0.980. The van der Waals surface area contributed by atoms with Crippen LogP contribution in [0, 0.1) is 6.92 Å². The van der Waals surface area contributed by atoms with Crippen LogP contribution in [-0.2, 0) is 9.53 Å². The first-order valence-electron chi connectivity index (χ1n) is 5.86. The van der Waals surface area contributed by atoms with Gasteiger partial charge in [-0.3, -0.25) is 4.79 Å². The largest absolute Gasteiger partial charge is 0.508 e. The number of carbonyl (C=O) groups excluding carboxylic acids is 2. The van der Waals surface area contributed by atoms with Gasteiger partial charge in [-0.15, -0.1) is 0 Å². The molecule has 0 saturated carbocycles. The molecule has 1 aromatic heterocycles. The Kier molecular flexibility index (Phi) is 4.05. The van der Waals surface area contributed by atoms with E-state index in [4.69, 9.17) is 14.3 Å². The van der Waals surface area contributed by atoms with Crippen molar-refractivity contribution in [2.45, 2.75) is 6.92 Å². The van der Waals surface area contributed by atoms with E-state index in [1.54, 1.807) is 13.0 Å². The molecular formula is C14H13NO5. The molecule has 0 aliphatic carbocycles. The number of phenolic OH excluding ortho intramolecular Hbond substituents is 1. The van der Waals surface area contributed by atoms with Crippen LogP contribution in [0.4, 0.5) is 5.69 Å². The summed E-state index contributed by atoms with van der Waals surface area (Å²) < 4.78 is 9.79. The number of hydrogen-bond donors (Lipinski definition) is 2. The number of carbonyl (C=O) groups is 2. The highest BCUT2D eigenvalue weighted by Crippen LogP contribution is 2.14. The molecule has 0 fully saturated rings. The van der Waals surface area contributed by atoms with E-state index >= 15 is 0 Å². The van der Waals surface area contributed by atoms with Gasteiger partial charge in [-0.1, -0.05) is 0 Å². The predicted octanol–water partition coefficient (Wildman–Crippen LogP) is 2.09. The SMILES string of the molecule is Cc1ccoc1C(=O)OCC(=O)Nc1ccc(O)cc1. The molecule has 0 aliphatic rings. The molecule has 1 heterocycles. The lowest BCUT2D eigenvalue weighted by Gasteiger charge is -2.06. The summed E-state index contributed by atoms with van der Waals surface area (Å²) >= 11 is 0. The molecule has 20 heavy (non-hydrogen) atoms. The number of phenols is 1. The van der Waals surface area contributed by atoms with Crippen LogP contribution in [0.5, 0.6) is 5.75 Å². The third kappa shape index (κ3) is 3.38. The predicted molar refractivity (Wildman–Crippen MR) is 70.5 cm³/mol. The number of rotatable bonds is 4. The minimum Gasteiger partial charge on any atom is -0.508 e. The molecule has 0 spiro atoms. The van der Waals surface area contributed by atoms with Gasteiger partial charge in [0.05, 0.1) is 6.26 Å². The second-order valence-electron chi connectivity index (χ2n) is 4.10. The zero-order chi connectivity index (χ0) is 14.5. The van der Waals surface area contributed by atoms with Gasteiger partial charge in [0.2, 0.25) is 5.76 Å². The number of furan rings is 1. The van der Waals surface area contributed by atoms with Gasteiger partial charge in [-0.05, 0) is 37.3 Å². The highest BCUT2D eigenvalue weighted by atomic mass is 16.5. The molecule has 2 rings (SSSR count). The Balaban J connectivity index is 1.85. The van der Waals surface area contributed by atoms with E-state index in [-0.39, 0.29) is 11.5 Å². The van der Waals surface area contributed by atoms with Crippen molar-refractivity contribution in [2.75, 3.05) is 11.9 Å². The summed E-state index contributed by atoms with van der Waals surface area (Å²) in [5, 5.41) is 11.6. The van der Waals surface area contributed by atoms with E-state index < -0.39 is 18.5 Å². The number of benzene rings is 1. The second kappa shape index (κ2) is 5.92. The first-order chi connectivity index (χ1) is 9.56. The fourth-order valence-corrected chi connectivity index (χ4v) is 1.52. The molecular weight excluding hydrogens is 262 g/mol. The summed E-state index contributed by atoms with van der Waals surface area (Å²) in [7, 11) is 0. The van der Waals surface area contributed by atoms with Gasteiger partial charge < -0.3 is 19.6 Å². The van der Waals surface area contributed by atoms with Crippen LogP contribution in [0.1, 0.15) is 16.1 Å². The average molecular weight is 275 g/mol. The molecule has 0 atom stereocenters. The summed E-state index contributed by atoms with van der Waals surface area (Å²) in [5.41, 5.74) is 1.15. The maximum Gasteiger partial charge on any atom is 0.375 e. The van der Waals surface area contributed by atoms with Crippen molar-refractivity contribution in [3.05, 3.63) is 47.9 Å². The number of esters is 1. The first kappa shape index (κ1) is 13.7. The second-order valence-corrected chi connectivity index (χ2v) is 4.10. The third-order valence-corrected chi connectivity index (χ3v) is 2.53. The van der Waals surface area contributed by atoms with Crippen molar-refractivity contribution in [2.24, 2.45) is 0 Å². The molecule has 104 valence electrons. The highest BCUT2D eigenvalue weighted by Gasteiger charge is 2.15. The van der Waals surface area contributed by atoms with Gasteiger partial charge in [-0.25, -0.2) is 4.79 Å². The quantitative estimate of drug-likeness (QED) is 0.658. The number of ether oxygens (including phenoxy) is 1. The molecule has 0 unspecified atom stereocenters. The first-order valence-corrected chi connectivity index (χ1v) is 5.86. The van der Waals surface area contributed by atoms with Crippen molar-refractivity contribution < 1.29 is 23.8 Å². The van der Waals surface area contributed by atoms with Crippen molar-refractivity contribution in [3.63, 3.8) is 0 Å². The molecule has 6 nitrogen and oxygen atoms in total. The Hall–Kier alpha value is -2.76. The van der Waals surface area contributed by atoms with Crippen molar-refractivity contribution >= 4 is 17.6 Å².